The van der Waals surface area contributed by atoms with Crippen LogP contribution in [0.1, 0.15) is 39.0 Å². The van der Waals surface area contributed by atoms with Crippen LogP contribution in [0.2, 0.25) is 0 Å². The van der Waals surface area contributed by atoms with Gasteiger partial charge in [0.25, 0.3) is 0 Å². The third-order valence-corrected chi connectivity index (χ3v) is 3.48. The zero-order chi connectivity index (χ0) is 9.97. The van der Waals surface area contributed by atoms with Crippen molar-refractivity contribution in [1.29, 1.82) is 0 Å². The normalized spacial score (nSPS) is 36.6. The van der Waals surface area contributed by atoms with E-state index in [1.54, 1.807) is 0 Å². The molecule has 2 N–H and O–H groups in total. The van der Waals surface area contributed by atoms with Gasteiger partial charge in [0.2, 0.25) is 0 Å². The highest BCUT2D eigenvalue weighted by molar-refractivity contribution is 4.98. The van der Waals surface area contributed by atoms with Crippen molar-refractivity contribution in [2.24, 2.45) is 11.7 Å². The van der Waals surface area contributed by atoms with E-state index in [4.69, 9.17) is 10.5 Å². The van der Waals surface area contributed by atoms with Crippen molar-refractivity contribution in [3.05, 3.63) is 0 Å². The molecule has 14 heavy (non-hydrogen) atoms. The molecular weight excluding hydrogens is 174 g/mol. The molecular formula is C12H19NO. The molecule has 78 valence electrons. The van der Waals surface area contributed by atoms with Crippen LogP contribution in [0.4, 0.5) is 0 Å². The van der Waals surface area contributed by atoms with E-state index in [-0.39, 0.29) is 0 Å². The highest BCUT2D eigenvalue weighted by atomic mass is 16.5. The van der Waals surface area contributed by atoms with Gasteiger partial charge in [-0.05, 0) is 32.6 Å². The summed E-state index contributed by atoms with van der Waals surface area (Å²) in [5, 5.41) is 0. The van der Waals surface area contributed by atoms with Crippen LogP contribution in [0.25, 0.3) is 0 Å². The minimum Gasteiger partial charge on any atom is -0.375 e. The fraction of sp³-hybridized carbons (Fsp3) is 0.833. The Morgan fingerprint density at radius 1 is 1.50 bits per heavy atom. The fourth-order valence-electron chi connectivity index (χ4n) is 2.71. The quantitative estimate of drug-likeness (QED) is 0.692. The second-order valence-corrected chi connectivity index (χ2v) is 4.40. The predicted octanol–water partition coefficient (Wildman–Crippen LogP) is 1.68. The first-order valence-corrected chi connectivity index (χ1v) is 5.62. The van der Waals surface area contributed by atoms with Crippen LogP contribution in [-0.4, -0.2) is 18.2 Å². The van der Waals surface area contributed by atoms with Crippen molar-refractivity contribution in [2.45, 2.75) is 57.3 Å². The summed E-state index contributed by atoms with van der Waals surface area (Å²) in [6.07, 6.45) is 6.61. The average Bonchev–Trinajstić information content (AvgIpc) is 2.79. The largest absolute Gasteiger partial charge is 0.375 e. The molecule has 0 aliphatic carbocycles. The Bertz CT molecular complexity index is 253. The van der Waals surface area contributed by atoms with E-state index in [9.17, 15) is 0 Å². The Morgan fingerprint density at radius 3 is 2.93 bits per heavy atom. The number of rotatable bonds is 3. The van der Waals surface area contributed by atoms with Gasteiger partial charge in [-0.2, -0.15) is 0 Å². The zero-order valence-corrected chi connectivity index (χ0v) is 8.83. The maximum atomic E-state index is 6.16. The molecule has 2 rings (SSSR count). The summed E-state index contributed by atoms with van der Waals surface area (Å²) in [4.78, 5) is 0. The van der Waals surface area contributed by atoms with Crippen molar-refractivity contribution < 1.29 is 4.74 Å². The smallest absolute Gasteiger partial charge is 0.0623 e. The van der Waals surface area contributed by atoms with Crippen LogP contribution in [0.15, 0.2) is 0 Å². The van der Waals surface area contributed by atoms with Crippen LogP contribution in [-0.2, 0) is 4.74 Å². The molecule has 0 aromatic rings. The van der Waals surface area contributed by atoms with Gasteiger partial charge in [0.15, 0.2) is 0 Å². The molecule has 0 radical (unpaired) electrons. The summed E-state index contributed by atoms with van der Waals surface area (Å²) in [5.41, 5.74) is 6.16. The Morgan fingerprint density at radius 2 is 2.36 bits per heavy atom. The number of hydrogen-bond acceptors (Lipinski definition) is 2. The van der Waals surface area contributed by atoms with Crippen molar-refractivity contribution >= 4 is 0 Å². The van der Waals surface area contributed by atoms with Crippen LogP contribution in [0.3, 0.4) is 0 Å². The summed E-state index contributed by atoms with van der Waals surface area (Å²) >= 11 is 0. The van der Waals surface area contributed by atoms with Gasteiger partial charge in [0.05, 0.1) is 12.2 Å². The minimum absolute atomic E-state index is 0.297. The monoisotopic (exact) mass is 193 g/mol. The lowest BCUT2D eigenvalue weighted by Crippen LogP contribution is -2.36. The Hall–Kier alpha value is -0.520. The predicted molar refractivity (Wildman–Crippen MR) is 56.7 cm³/mol. The Kier molecular flexibility index (Phi) is 3.10. The van der Waals surface area contributed by atoms with Gasteiger partial charge in [-0.3, -0.25) is 0 Å². The van der Waals surface area contributed by atoms with Crippen LogP contribution < -0.4 is 5.73 Å². The van der Waals surface area contributed by atoms with Crippen molar-refractivity contribution in [1.82, 2.24) is 0 Å². The van der Waals surface area contributed by atoms with Crippen molar-refractivity contribution in [3.8, 4) is 11.8 Å². The third kappa shape index (κ3) is 1.94. The molecule has 2 nitrogen and oxygen atoms in total. The fourth-order valence-corrected chi connectivity index (χ4v) is 2.71. The summed E-state index contributed by atoms with van der Waals surface area (Å²) in [5.74, 6) is 6.59. The molecule has 0 amide bonds. The highest BCUT2D eigenvalue weighted by Crippen LogP contribution is 2.40. The Labute approximate surface area is 86.2 Å². The molecule has 0 aromatic heterocycles. The number of nitrogens with two attached hydrogens (primary N) is 1. The molecule has 4 unspecified atom stereocenters. The SMILES string of the molecule is CC#CCCC(N)C1CC2CCC1O2. The van der Waals surface area contributed by atoms with Crippen molar-refractivity contribution in [3.63, 3.8) is 0 Å². The van der Waals surface area contributed by atoms with E-state index in [1.807, 2.05) is 6.92 Å². The van der Waals surface area contributed by atoms with Gasteiger partial charge in [-0.1, -0.05) is 0 Å². The van der Waals surface area contributed by atoms with Gasteiger partial charge in [0.1, 0.15) is 0 Å². The average molecular weight is 193 g/mol. The topological polar surface area (TPSA) is 35.2 Å². The molecule has 2 aliphatic heterocycles. The molecule has 2 heteroatoms. The summed E-state index contributed by atoms with van der Waals surface area (Å²) in [7, 11) is 0. The summed E-state index contributed by atoms with van der Waals surface area (Å²) in [6, 6.07) is 0.297. The van der Waals surface area contributed by atoms with Gasteiger partial charge >= 0.3 is 0 Å². The lowest BCUT2D eigenvalue weighted by Gasteiger charge is -2.24. The maximum absolute atomic E-state index is 6.16. The number of hydrogen-bond donors (Lipinski definition) is 1. The van der Waals surface area contributed by atoms with Gasteiger partial charge in [0, 0.05) is 18.4 Å². The molecule has 0 aromatic carbocycles. The second kappa shape index (κ2) is 4.33. The first-order chi connectivity index (χ1) is 6.81. The molecule has 2 fully saturated rings. The second-order valence-electron chi connectivity index (χ2n) is 4.40. The first kappa shape index (κ1) is 10.0. The Balaban J connectivity index is 1.79. The third-order valence-electron chi connectivity index (χ3n) is 3.48. The van der Waals surface area contributed by atoms with E-state index in [2.05, 4.69) is 11.8 Å². The maximum Gasteiger partial charge on any atom is 0.0623 e. The summed E-state index contributed by atoms with van der Waals surface area (Å²) in [6.45, 7) is 1.88. The standard InChI is InChI=1S/C12H19NO/c1-2-3-4-5-11(13)10-8-9-6-7-12(10)14-9/h9-12H,4-8,13H2,1H3. The highest BCUT2D eigenvalue weighted by Gasteiger charge is 2.42. The lowest BCUT2D eigenvalue weighted by atomic mass is 9.82. The zero-order valence-electron chi connectivity index (χ0n) is 8.83. The molecule has 2 saturated heterocycles. The summed E-state index contributed by atoms with van der Waals surface area (Å²) < 4.78 is 5.80. The van der Waals surface area contributed by atoms with E-state index < -0.39 is 0 Å². The van der Waals surface area contributed by atoms with Gasteiger partial charge in [-0.15, -0.1) is 11.8 Å². The molecule has 0 spiro atoms. The number of ether oxygens (including phenoxy) is 1. The number of fused-ring (bicyclic) bond motifs is 2. The lowest BCUT2D eigenvalue weighted by molar-refractivity contribution is 0.0880. The van der Waals surface area contributed by atoms with E-state index >= 15 is 0 Å². The van der Waals surface area contributed by atoms with Gasteiger partial charge < -0.3 is 10.5 Å². The van der Waals surface area contributed by atoms with E-state index in [1.165, 1.54) is 19.3 Å². The van der Waals surface area contributed by atoms with Crippen LogP contribution in [0, 0.1) is 17.8 Å². The minimum atomic E-state index is 0.297. The van der Waals surface area contributed by atoms with Crippen LogP contribution in [0.5, 0.6) is 0 Å². The molecule has 2 aliphatic rings. The van der Waals surface area contributed by atoms with Gasteiger partial charge in [-0.25, -0.2) is 0 Å². The van der Waals surface area contributed by atoms with Crippen molar-refractivity contribution in [2.75, 3.05) is 0 Å². The molecule has 4 atom stereocenters. The van der Waals surface area contributed by atoms with E-state index in [0.29, 0.717) is 24.2 Å². The first-order valence-electron chi connectivity index (χ1n) is 5.62. The molecule has 2 bridgehead atoms. The molecule has 2 heterocycles. The van der Waals surface area contributed by atoms with Crippen LogP contribution >= 0.6 is 0 Å². The van der Waals surface area contributed by atoms with E-state index in [0.717, 1.165) is 12.8 Å². The molecule has 0 saturated carbocycles.